The summed E-state index contributed by atoms with van der Waals surface area (Å²) in [6.45, 7) is 3.54. The van der Waals surface area contributed by atoms with E-state index in [2.05, 4.69) is 10.6 Å². The second-order valence-corrected chi connectivity index (χ2v) is 7.65. The molecule has 5 N–H and O–H groups in total. The lowest BCUT2D eigenvalue weighted by Gasteiger charge is -2.16. The molecule has 0 spiro atoms. The van der Waals surface area contributed by atoms with Gasteiger partial charge in [0.1, 0.15) is 5.76 Å². The van der Waals surface area contributed by atoms with Crippen molar-refractivity contribution in [3.63, 3.8) is 0 Å². The van der Waals surface area contributed by atoms with Gasteiger partial charge in [-0.25, -0.2) is 10.3 Å². The zero-order valence-electron chi connectivity index (χ0n) is 18.6. The van der Waals surface area contributed by atoms with E-state index in [4.69, 9.17) is 9.62 Å². The van der Waals surface area contributed by atoms with Gasteiger partial charge in [0.25, 0.3) is 5.91 Å². The van der Waals surface area contributed by atoms with Crippen LogP contribution in [0.3, 0.4) is 0 Å². The topological polar surface area (TPSA) is 158 Å². The molecule has 2 aromatic rings. The number of aromatic carboxylic acids is 1. The monoisotopic (exact) mass is 459 g/mol. The molecular weight excluding hydrogens is 430 g/mol. The SMILES string of the molecule is CCCCC[C@H](CC(=O)NO)C(=O)NCNC(=O)c1ccc(-c2ccc(C)c(C(=O)O)c2)o1. The number of hydrogen-bond donors (Lipinski definition) is 5. The van der Waals surface area contributed by atoms with Gasteiger partial charge in [0, 0.05) is 17.9 Å². The lowest BCUT2D eigenvalue weighted by Crippen LogP contribution is -2.41. The lowest BCUT2D eigenvalue weighted by atomic mass is 9.96. The number of furan rings is 1. The predicted octanol–water partition coefficient (Wildman–Crippen LogP) is 2.85. The Hall–Kier alpha value is -3.66. The fourth-order valence-corrected chi connectivity index (χ4v) is 3.30. The van der Waals surface area contributed by atoms with Crippen LogP contribution in [-0.2, 0) is 9.59 Å². The number of amides is 3. The van der Waals surface area contributed by atoms with Crippen molar-refractivity contribution in [2.45, 2.75) is 46.0 Å². The highest BCUT2D eigenvalue weighted by molar-refractivity contribution is 5.93. The molecular formula is C23H29N3O7. The number of hydroxylamine groups is 1. The number of rotatable bonds is 12. The van der Waals surface area contributed by atoms with E-state index >= 15 is 0 Å². The van der Waals surface area contributed by atoms with Crippen molar-refractivity contribution in [2.75, 3.05) is 6.67 Å². The van der Waals surface area contributed by atoms with E-state index in [1.807, 2.05) is 6.92 Å². The highest BCUT2D eigenvalue weighted by atomic mass is 16.5. The number of unbranched alkanes of at least 4 members (excludes halogenated alkanes) is 2. The molecule has 1 aromatic heterocycles. The molecule has 0 radical (unpaired) electrons. The third-order valence-electron chi connectivity index (χ3n) is 5.18. The molecule has 1 aromatic carbocycles. The van der Waals surface area contributed by atoms with Gasteiger partial charge in [-0.15, -0.1) is 0 Å². The second-order valence-electron chi connectivity index (χ2n) is 7.65. The molecule has 0 saturated carbocycles. The van der Waals surface area contributed by atoms with Gasteiger partial charge in [-0.3, -0.25) is 19.6 Å². The summed E-state index contributed by atoms with van der Waals surface area (Å²) in [4.78, 5) is 47.6. The standard InChI is InChI=1S/C23H29N3O7/c1-3-4-5-6-16(12-20(27)26-32)21(28)24-13-25-22(29)19-10-9-18(33-19)15-8-7-14(2)17(11-15)23(30)31/h7-11,16,32H,3-6,12-13H2,1-2H3,(H,24,28)(H,25,29)(H,26,27)(H,30,31)/t16-/m1/s1. The summed E-state index contributed by atoms with van der Waals surface area (Å²) in [5.74, 6) is -2.98. The maximum Gasteiger partial charge on any atom is 0.335 e. The number of hydrogen-bond acceptors (Lipinski definition) is 6. The van der Waals surface area contributed by atoms with Crippen LogP contribution in [0.25, 0.3) is 11.3 Å². The number of carbonyl (C=O) groups is 4. The maximum absolute atomic E-state index is 12.4. The highest BCUT2D eigenvalue weighted by Crippen LogP contribution is 2.25. The zero-order valence-corrected chi connectivity index (χ0v) is 18.6. The first-order chi connectivity index (χ1) is 15.8. The van der Waals surface area contributed by atoms with Crippen molar-refractivity contribution < 1.29 is 33.9 Å². The van der Waals surface area contributed by atoms with Crippen molar-refractivity contribution in [1.82, 2.24) is 16.1 Å². The Balaban J connectivity index is 1.94. The molecule has 0 bridgehead atoms. The van der Waals surface area contributed by atoms with Crippen LogP contribution in [0.4, 0.5) is 0 Å². The van der Waals surface area contributed by atoms with E-state index < -0.39 is 29.6 Å². The second kappa shape index (κ2) is 12.4. The number of carboxylic acid groups (broad SMARTS) is 1. The Morgan fingerprint density at radius 3 is 2.48 bits per heavy atom. The van der Waals surface area contributed by atoms with E-state index in [0.29, 0.717) is 23.3 Å². The summed E-state index contributed by atoms with van der Waals surface area (Å²) in [7, 11) is 0. The molecule has 0 fully saturated rings. The van der Waals surface area contributed by atoms with Crippen molar-refractivity contribution in [3.8, 4) is 11.3 Å². The molecule has 10 nitrogen and oxygen atoms in total. The third-order valence-corrected chi connectivity index (χ3v) is 5.18. The Morgan fingerprint density at radius 1 is 1.06 bits per heavy atom. The molecule has 1 atom stereocenters. The van der Waals surface area contributed by atoms with E-state index in [0.717, 1.165) is 19.3 Å². The maximum atomic E-state index is 12.4. The van der Waals surface area contributed by atoms with Crippen LogP contribution >= 0.6 is 0 Å². The van der Waals surface area contributed by atoms with Gasteiger partial charge in [0.15, 0.2) is 5.76 Å². The molecule has 0 saturated heterocycles. The van der Waals surface area contributed by atoms with E-state index in [1.54, 1.807) is 25.1 Å². The van der Waals surface area contributed by atoms with Crippen molar-refractivity contribution in [1.29, 1.82) is 0 Å². The minimum absolute atomic E-state index is 0.00384. The Labute approximate surface area is 191 Å². The van der Waals surface area contributed by atoms with E-state index in [-0.39, 0.29) is 24.4 Å². The number of aryl methyl sites for hydroxylation is 1. The molecule has 10 heteroatoms. The number of nitrogens with one attached hydrogen (secondary N) is 3. The normalized spacial score (nSPS) is 11.5. The van der Waals surface area contributed by atoms with Gasteiger partial charge in [-0.05, 0) is 37.1 Å². The summed E-state index contributed by atoms with van der Waals surface area (Å²) in [5, 5.41) is 23.1. The molecule has 33 heavy (non-hydrogen) atoms. The van der Waals surface area contributed by atoms with E-state index in [9.17, 15) is 24.3 Å². The van der Waals surface area contributed by atoms with Crippen LogP contribution in [0.15, 0.2) is 34.7 Å². The Morgan fingerprint density at radius 2 is 1.82 bits per heavy atom. The lowest BCUT2D eigenvalue weighted by molar-refractivity contribution is -0.135. The predicted molar refractivity (Wildman–Crippen MR) is 118 cm³/mol. The number of benzene rings is 1. The Bertz CT molecular complexity index is 1000. The fourth-order valence-electron chi connectivity index (χ4n) is 3.30. The average Bonchev–Trinajstić information content (AvgIpc) is 3.28. The van der Waals surface area contributed by atoms with Gasteiger partial charge >= 0.3 is 5.97 Å². The first-order valence-corrected chi connectivity index (χ1v) is 10.7. The molecule has 1 heterocycles. The minimum atomic E-state index is -1.06. The fraction of sp³-hybridized carbons (Fsp3) is 0.391. The van der Waals surface area contributed by atoms with Gasteiger partial charge in [-0.1, -0.05) is 38.3 Å². The zero-order chi connectivity index (χ0) is 24.4. The number of carbonyl (C=O) groups excluding carboxylic acids is 3. The molecule has 3 amide bonds. The summed E-state index contributed by atoms with van der Waals surface area (Å²) >= 11 is 0. The average molecular weight is 459 g/mol. The van der Waals surface area contributed by atoms with Crippen molar-refractivity contribution in [2.24, 2.45) is 5.92 Å². The first kappa shape index (κ1) is 25.6. The quantitative estimate of drug-likeness (QED) is 0.141. The van der Waals surface area contributed by atoms with Crippen LogP contribution in [-0.4, -0.2) is 40.7 Å². The van der Waals surface area contributed by atoms with Crippen LogP contribution in [0.1, 0.15) is 65.5 Å². The molecule has 0 aliphatic heterocycles. The molecule has 0 unspecified atom stereocenters. The largest absolute Gasteiger partial charge is 0.478 e. The third kappa shape index (κ3) is 7.46. The molecule has 2 rings (SSSR count). The molecule has 0 aliphatic rings. The summed E-state index contributed by atoms with van der Waals surface area (Å²) in [6.07, 6.45) is 2.96. The van der Waals surface area contributed by atoms with Crippen LogP contribution in [0, 0.1) is 12.8 Å². The molecule has 0 aliphatic carbocycles. The van der Waals surface area contributed by atoms with Gasteiger partial charge in [0.2, 0.25) is 11.8 Å². The van der Waals surface area contributed by atoms with Crippen molar-refractivity contribution >= 4 is 23.7 Å². The van der Waals surface area contributed by atoms with Crippen LogP contribution < -0.4 is 16.1 Å². The van der Waals surface area contributed by atoms with Gasteiger partial charge < -0.3 is 20.2 Å². The van der Waals surface area contributed by atoms with Gasteiger partial charge in [0.05, 0.1) is 12.2 Å². The van der Waals surface area contributed by atoms with Crippen LogP contribution in [0.5, 0.6) is 0 Å². The highest BCUT2D eigenvalue weighted by Gasteiger charge is 2.22. The van der Waals surface area contributed by atoms with Crippen molar-refractivity contribution in [3.05, 3.63) is 47.2 Å². The van der Waals surface area contributed by atoms with Gasteiger partial charge in [-0.2, -0.15) is 0 Å². The summed E-state index contributed by atoms with van der Waals surface area (Å²) < 4.78 is 5.55. The van der Waals surface area contributed by atoms with Crippen LogP contribution in [0.2, 0.25) is 0 Å². The minimum Gasteiger partial charge on any atom is -0.478 e. The number of carboxylic acids is 1. The Kier molecular flexibility index (Phi) is 9.62. The first-order valence-electron chi connectivity index (χ1n) is 10.7. The van der Waals surface area contributed by atoms with E-state index in [1.165, 1.54) is 17.6 Å². The summed E-state index contributed by atoms with van der Waals surface area (Å²) in [6, 6.07) is 7.83. The smallest absolute Gasteiger partial charge is 0.335 e. The molecule has 178 valence electrons. The summed E-state index contributed by atoms with van der Waals surface area (Å²) in [5.41, 5.74) is 2.79.